The largest absolute Gasteiger partial charge is 0.386 e. The number of ether oxygens (including phenoxy) is 2. The Kier molecular flexibility index (Phi) is 4.39. The van der Waals surface area contributed by atoms with Gasteiger partial charge in [0.1, 0.15) is 30.2 Å². The summed E-state index contributed by atoms with van der Waals surface area (Å²) in [6, 6.07) is 0. The third-order valence-corrected chi connectivity index (χ3v) is 3.99. The third kappa shape index (κ3) is 2.50. The second-order valence-corrected chi connectivity index (χ2v) is 5.39. The van der Waals surface area contributed by atoms with Gasteiger partial charge in [-0.3, -0.25) is 4.57 Å². The summed E-state index contributed by atoms with van der Waals surface area (Å²) in [5, 5.41) is 10.5. The maximum Gasteiger partial charge on any atom is 0.165 e. The molecule has 3 heterocycles. The first-order valence-electron chi connectivity index (χ1n) is 6.93. The number of aliphatic hydroxyl groups excluding tert-OH is 1. The number of halogens is 1. The zero-order valence-corrected chi connectivity index (χ0v) is 12.8. The number of aromatic nitrogens is 4. The van der Waals surface area contributed by atoms with Crippen LogP contribution in [0.4, 0.5) is 0 Å². The van der Waals surface area contributed by atoms with Gasteiger partial charge in [-0.05, 0) is 6.92 Å². The summed E-state index contributed by atoms with van der Waals surface area (Å²) in [5.74, 6) is 0.218. The predicted molar refractivity (Wildman–Crippen MR) is 80.6 cm³/mol. The van der Waals surface area contributed by atoms with Crippen LogP contribution in [-0.4, -0.2) is 55.4 Å². The van der Waals surface area contributed by atoms with E-state index in [1.807, 2.05) is 6.92 Å². The van der Waals surface area contributed by atoms with Crippen molar-refractivity contribution in [1.82, 2.24) is 19.5 Å². The lowest BCUT2D eigenvalue weighted by Crippen LogP contribution is -2.35. The predicted octanol–water partition coefficient (Wildman–Crippen LogP) is 1.20. The van der Waals surface area contributed by atoms with E-state index in [4.69, 9.17) is 21.1 Å². The third-order valence-electron chi connectivity index (χ3n) is 3.68. The molecule has 0 spiro atoms. The van der Waals surface area contributed by atoms with Crippen LogP contribution in [0.3, 0.4) is 0 Å². The standard InChI is InChI=1S/C14H17ClN4O3/c1-3-4-21-12-9(5-15)22-14(11(12)20)19-7-18-10-8(2)16-6-17-13(10)19/h3,6-7,9,11-12,14,20H,1,4-5H2,2H3. The number of hydrogen-bond donors (Lipinski definition) is 1. The number of rotatable bonds is 5. The first kappa shape index (κ1) is 15.4. The first-order chi connectivity index (χ1) is 10.7. The minimum absolute atomic E-state index is 0.218. The first-order valence-corrected chi connectivity index (χ1v) is 7.47. The Morgan fingerprint density at radius 2 is 2.32 bits per heavy atom. The number of imidazole rings is 1. The van der Waals surface area contributed by atoms with Crippen LogP contribution in [0.25, 0.3) is 11.2 Å². The topological polar surface area (TPSA) is 82.3 Å². The fourth-order valence-corrected chi connectivity index (χ4v) is 2.86. The van der Waals surface area contributed by atoms with Crippen molar-refractivity contribution in [3.8, 4) is 0 Å². The smallest absolute Gasteiger partial charge is 0.165 e. The highest BCUT2D eigenvalue weighted by atomic mass is 35.5. The molecule has 0 amide bonds. The summed E-state index contributed by atoms with van der Waals surface area (Å²) in [6.45, 7) is 5.77. The lowest BCUT2D eigenvalue weighted by molar-refractivity contribution is -0.0307. The zero-order valence-electron chi connectivity index (χ0n) is 12.1. The van der Waals surface area contributed by atoms with Crippen molar-refractivity contribution in [3.05, 3.63) is 31.0 Å². The second-order valence-electron chi connectivity index (χ2n) is 5.08. The number of nitrogens with zero attached hydrogens (tertiary/aromatic N) is 4. The van der Waals surface area contributed by atoms with Crippen molar-refractivity contribution in [1.29, 1.82) is 0 Å². The average Bonchev–Trinajstić information content (AvgIpc) is 3.07. The van der Waals surface area contributed by atoms with Crippen LogP contribution in [0.2, 0.25) is 0 Å². The van der Waals surface area contributed by atoms with E-state index in [0.29, 0.717) is 17.8 Å². The van der Waals surface area contributed by atoms with E-state index in [1.54, 1.807) is 17.0 Å². The molecule has 8 heteroatoms. The van der Waals surface area contributed by atoms with Crippen molar-refractivity contribution >= 4 is 22.8 Å². The monoisotopic (exact) mass is 324 g/mol. The summed E-state index contributed by atoms with van der Waals surface area (Å²) in [4.78, 5) is 12.6. The SMILES string of the molecule is C=CCOC1C(CCl)OC(n2cnc3c(C)ncnc32)C1O. The lowest BCUT2D eigenvalue weighted by atomic mass is 10.1. The van der Waals surface area contributed by atoms with Crippen LogP contribution in [0.15, 0.2) is 25.3 Å². The Morgan fingerprint density at radius 3 is 3.05 bits per heavy atom. The molecular weight excluding hydrogens is 308 g/mol. The van der Waals surface area contributed by atoms with Crippen LogP contribution in [0, 0.1) is 6.92 Å². The highest BCUT2D eigenvalue weighted by Crippen LogP contribution is 2.33. The number of alkyl halides is 1. The van der Waals surface area contributed by atoms with Gasteiger partial charge in [0.25, 0.3) is 0 Å². The van der Waals surface area contributed by atoms with Gasteiger partial charge in [-0.1, -0.05) is 6.08 Å². The van der Waals surface area contributed by atoms with Crippen molar-refractivity contribution in [2.75, 3.05) is 12.5 Å². The van der Waals surface area contributed by atoms with Gasteiger partial charge >= 0.3 is 0 Å². The van der Waals surface area contributed by atoms with Gasteiger partial charge in [0.05, 0.1) is 24.5 Å². The molecule has 0 radical (unpaired) electrons. The molecule has 3 rings (SSSR count). The van der Waals surface area contributed by atoms with Crippen molar-refractivity contribution < 1.29 is 14.6 Å². The Labute approximate surface area is 132 Å². The fourth-order valence-electron chi connectivity index (χ4n) is 2.61. The van der Waals surface area contributed by atoms with Gasteiger partial charge in [-0.15, -0.1) is 18.2 Å². The molecule has 2 aromatic heterocycles. The summed E-state index contributed by atoms with van der Waals surface area (Å²) < 4.78 is 13.1. The molecule has 0 bridgehead atoms. The van der Waals surface area contributed by atoms with Gasteiger partial charge in [-0.25, -0.2) is 15.0 Å². The van der Waals surface area contributed by atoms with Gasteiger partial charge in [0.2, 0.25) is 0 Å². The van der Waals surface area contributed by atoms with E-state index in [1.165, 1.54) is 6.33 Å². The van der Waals surface area contributed by atoms with E-state index in [2.05, 4.69) is 21.5 Å². The van der Waals surface area contributed by atoms with Crippen LogP contribution in [0.1, 0.15) is 11.9 Å². The molecule has 1 aliphatic rings. The molecular formula is C14H17ClN4O3. The van der Waals surface area contributed by atoms with Gasteiger partial charge in [0.15, 0.2) is 11.9 Å². The zero-order chi connectivity index (χ0) is 15.7. The molecule has 1 aliphatic heterocycles. The molecule has 2 aromatic rings. The normalized spacial score (nSPS) is 28.3. The summed E-state index contributed by atoms with van der Waals surface area (Å²) in [7, 11) is 0. The van der Waals surface area contributed by atoms with Crippen molar-refractivity contribution in [3.63, 3.8) is 0 Å². The van der Waals surface area contributed by atoms with Crippen LogP contribution in [-0.2, 0) is 9.47 Å². The Morgan fingerprint density at radius 1 is 1.50 bits per heavy atom. The maximum absolute atomic E-state index is 10.5. The highest BCUT2D eigenvalue weighted by molar-refractivity contribution is 6.18. The highest BCUT2D eigenvalue weighted by Gasteiger charge is 2.45. The second kappa shape index (κ2) is 6.29. The van der Waals surface area contributed by atoms with Gasteiger partial charge < -0.3 is 14.6 Å². The maximum atomic E-state index is 10.5. The van der Waals surface area contributed by atoms with E-state index in [0.717, 1.165) is 5.69 Å². The minimum Gasteiger partial charge on any atom is -0.386 e. The molecule has 1 saturated heterocycles. The summed E-state index contributed by atoms with van der Waals surface area (Å²) >= 11 is 5.92. The van der Waals surface area contributed by atoms with E-state index in [-0.39, 0.29) is 5.88 Å². The van der Waals surface area contributed by atoms with E-state index < -0.39 is 24.5 Å². The minimum atomic E-state index is -0.878. The number of aryl methyl sites for hydroxylation is 1. The van der Waals surface area contributed by atoms with E-state index >= 15 is 0 Å². The van der Waals surface area contributed by atoms with Gasteiger partial charge in [0, 0.05) is 0 Å². The number of aliphatic hydroxyl groups is 1. The molecule has 22 heavy (non-hydrogen) atoms. The summed E-state index contributed by atoms with van der Waals surface area (Å²) in [5.41, 5.74) is 2.05. The molecule has 0 aliphatic carbocycles. The van der Waals surface area contributed by atoms with Crippen molar-refractivity contribution in [2.45, 2.75) is 31.5 Å². The molecule has 0 saturated carbocycles. The Hall–Kier alpha value is -1.54. The average molecular weight is 325 g/mol. The Bertz CT molecular complexity index is 677. The van der Waals surface area contributed by atoms with Crippen molar-refractivity contribution in [2.24, 2.45) is 0 Å². The van der Waals surface area contributed by atoms with Crippen LogP contribution >= 0.6 is 11.6 Å². The Balaban J connectivity index is 1.93. The molecule has 0 aromatic carbocycles. The molecule has 4 atom stereocenters. The van der Waals surface area contributed by atoms with Crippen LogP contribution in [0.5, 0.6) is 0 Å². The summed E-state index contributed by atoms with van der Waals surface area (Å²) in [6.07, 6.45) is 2.19. The fraction of sp³-hybridized carbons (Fsp3) is 0.500. The molecule has 7 nitrogen and oxygen atoms in total. The molecule has 4 unspecified atom stereocenters. The lowest BCUT2D eigenvalue weighted by Gasteiger charge is -2.19. The molecule has 118 valence electrons. The quantitative estimate of drug-likeness (QED) is 0.657. The molecule has 1 N–H and O–H groups in total. The number of hydrogen-bond acceptors (Lipinski definition) is 6. The molecule has 1 fully saturated rings. The van der Waals surface area contributed by atoms with E-state index in [9.17, 15) is 5.11 Å². The van der Waals surface area contributed by atoms with Gasteiger partial charge in [-0.2, -0.15) is 0 Å². The van der Waals surface area contributed by atoms with Crippen LogP contribution < -0.4 is 0 Å². The number of fused-ring (bicyclic) bond motifs is 1.